The number of ether oxygens (including phenoxy) is 1. The van der Waals surface area contributed by atoms with Crippen molar-refractivity contribution in [3.05, 3.63) is 53.3 Å². The smallest absolute Gasteiger partial charge is 0.255 e. The fourth-order valence-corrected chi connectivity index (χ4v) is 1.92. The number of hydrogen-bond donors (Lipinski definition) is 2. The molecule has 110 valence electrons. The molecule has 1 heterocycles. The van der Waals surface area contributed by atoms with E-state index in [-0.39, 0.29) is 12.5 Å². The van der Waals surface area contributed by atoms with Gasteiger partial charge < -0.3 is 15.2 Å². The van der Waals surface area contributed by atoms with Crippen LogP contribution in [0.3, 0.4) is 0 Å². The Kier molecular flexibility index (Phi) is 4.90. The number of rotatable bonds is 5. The first kappa shape index (κ1) is 15.0. The van der Waals surface area contributed by atoms with Crippen LogP contribution in [0.25, 0.3) is 0 Å². The van der Waals surface area contributed by atoms with Crippen molar-refractivity contribution in [1.82, 2.24) is 4.98 Å². The highest BCUT2D eigenvalue weighted by molar-refractivity contribution is 6.04. The van der Waals surface area contributed by atoms with Gasteiger partial charge in [-0.3, -0.25) is 9.78 Å². The lowest BCUT2D eigenvalue weighted by atomic mass is 10.1. The number of amides is 1. The topological polar surface area (TPSA) is 71.5 Å². The van der Waals surface area contributed by atoms with Gasteiger partial charge in [0.25, 0.3) is 5.91 Å². The minimum atomic E-state index is -0.265. The summed E-state index contributed by atoms with van der Waals surface area (Å²) in [4.78, 5) is 16.2. The summed E-state index contributed by atoms with van der Waals surface area (Å²) in [5.41, 5.74) is 2.60. The first-order chi connectivity index (χ1) is 10.2. The number of nitrogens with one attached hydrogen (secondary N) is 1. The molecule has 21 heavy (non-hydrogen) atoms. The van der Waals surface area contributed by atoms with Crippen LogP contribution in [0.5, 0.6) is 5.75 Å². The molecule has 1 aromatic heterocycles. The molecule has 0 bridgehead atoms. The van der Waals surface area contributed by atoms with E-state index in [2.05, 4.69) is 10.3 Å². The van der Waals surface area contributed by atoms with E-state index in [0.717, 1.165) is 5.56 Å². The molecular formula is C16H18N2O3. The number of carbonyl (C=O) groups is 1. The number of nitrogens with zero attached hydrogens (tertiary/aromatic N) is 1. The number of aryl methyl sites for hydroxylation is 1. The molecule has 2 aromatic rings. The van der Waals surface area contributed by atoms with Crippen molar-refractivity contribution >= 4 is 11.6 Å². The maximum Gasteiger partial charge on any atom is 0.255 e. The molecule has 0 saturated heterocycles. The molecule has 0 aliphatic carbocycles. The van der Waals surface area contributed by atoms with Crippen LogP contribution in [0, 0.1) is 6.92 Å². The molecule has 1 amide bonds. The Morgan fingerprint density at radius 3 is 2.90 bits per heavy atom. The number of carbonyl (C=O) groups excluding carboxylic acids is 1. The van der Waals surface area contributed by atoms with Crippen LogP contribution in [0.4, 0.5) is 5.69 Å². The summed E-state index contributed by atoms with van der Waals surface area (Å²) in [6, 6.07) is 6.96. The maximum atomic E-state index is 12.3. The SMILES string of the molecule is CCOc1cc(C(=O)Nc2cnccc2CO)ccc1C. The molecule has 5 nitrogen and oxygen atoms in total. The zero-order chi connectivity index (χ0) is 15.2. The highest BCUT2D eigenvalue weighted by atomic mass is 16.5. The molecule has 0 aliphatic rings. The second-order valence-corrected chi connectivity index (χ2v) is 4.56. The average Bonchev–Trinajstić information content (AvgIpc) is 2.50. The van der Waals surface area contributed by atoms with E-state index in [9.17, 15) is 9.90 Å². The normalized spacial score (nSPS) is 10.2. The molecule has 1 aromatic carbocycles. The Morgan fingerprint density at radius 2 is 2.19 bits per heavy atom. The summed E-state index contributed by atoms with van der Waals surface area (Å²) in [6.07, 6.45) is 3.08. The number of pyridine rings is 1. The Labute approximate surface area is 123 Å². The molecule has 0 atom stereocenters. The van der Waals surface area contributed by atoms with Crippen molar-refractivity contribution in [3.63, 3.8) is 0 Å². The number of benzene rings is 1. The van der Waals surface area contributed by atoms with Gasteiger partial charge in [0.1, 0.15) is 5.75 Å². The molecule has 0 fully saturated rings. The lowest BCUT2D eigenvalue weighted by molar-refractivity contribution is 0.102. The van der Waals surface area contributed by atoms with Crippen molar-refractivity contribution in [1.29, 1.82) is 0 Å². The third-order valence-electron chi connectivity index (χ3n) is 3.08. The predicted molar refractivity (Wildman–Crippen MR) is 80.5 cm³/mol. The maximum absolute atomic E-state index is 12.3. The first-order valence-electron chi connectivity index (χ1n) is 6.74. The van der Waals surface area contributed by atoms with E-state index in [4.69, 9.17) is 4.74 Å². The van der Waals surface area contributed by atoms with Gasteiger partial charge in [-0.2, -0.15) is 0 Å². The molecule has 0 aliphatic heterocycles. The Balaban J connectivity index is 2.22. The highest BCUT2D eigenvalue weighted by Crippen LogP contribution is 2.21. The van der Waals surface area contributed by atoms with Gasteiger partial charge in [-0.05, 0) is 37.6 Å². The second-order valence-electron chi connectivity index (χ2n) is 4.56. The zero-order valence-electron chi connectivity index (χ0n) is 12.1. The first-order valence-corrected chi connectivity index (χ1v) is 6.74. The number of aliphatic hydroxyl groups excluding tert-OH is 1. The van der Waals surface area contributed by atoms with Crippen molar-refractivity contribution < 1.29 is 14.6 Å². The lowest BCUT2D eigenvalue weighted by Crippen LogP contribution is -2.14. The van der Waals surface area contributed by atoms with Gasteiger partial charge in [-0.15, -0.1) is 0 Å². The molecule has 5 heteroatoms. The van der Waals surface area contributed by atoms with Crippen LogP contribution < -0.4 is 10.1 Å². The molecule has 0 saturated carbocycles. The van der Waals surface area contributed by atoms with Crippen molar-refractivity contribution in [3.8, 4) is 5.75 Å². The largest absolute Gasteiger partial charge is 0.494 e. The number of aromatic nitrogens is 1. The van der Waals surface area contributed by atoms with E-state index in [0.29, 0.717) is 29.2 Å². The summed E-state index contributed by atoms with van der Waals surface area (Å²) in [5, 5.41) is 12.0. The number of anilines is 1. The van der Waals surface area contributed by atoms with Crippen LogP contribution >= 0.6 is 0 Å². The molecule has 0 spiro atoms. The Hall–Kier alpha value is -2.40. The highest BCUT2D eigenvalue weighted by Gasteiger charge is 2.11. The van der Waals surface area contributed by atoms with E-state index in [1.54, 1.807) is 24.4 Å². The summed E-state index contributed by atoms with van der Waals surface area (Å²) >= 11 is 0. The minimum absolute atomic E-state index is 0.157. The third kappa shape index (κ3) is 3.58. The standard InChI is InChI=1S/C16H18N2O3/c1-3-21-15-8-12(5-4-11(15)2)16(20)18-14-9-17-7-6-13(14)10-19/h4-9,19H,3,10H2,1-2H3,(H,18,20). The van der Waals surface area contributed by atoms with Crippen LogP contribution in [0.15, 0.2) is 36.7 Å². The predicted octanol–water partition coefficient (Wildman–Crippen LogP) is 2.53. The van der Waals surface area contributed by atoms with Crippen LogP contribution in [0.2, 0.25) is 0 Å². The summed E-state index contributed by atoms with van der Waals surface area (Å²) in [5.74, 6) is 0.428. The monoisotopic (exact) mass is 286 g/mol. The third-order valence-corrected chi connectivity index (χ3v) is 3.08. The van der Waals surface area contributed by atoms with Crippen molar-refractivity contribution in [2.45, 2.75) is 20.5 Å². The van der Waals surface area contributed by atoms with Crippen LogP contribution in [-0.4, -0.2) is 22.6 Å². The zero-order valence-corrected chi connectivity index (χ0v) is 12.1. The lowest BCUT2D eigenvalue weighted by Gasteiger charge is -2.11. The van der Waals surface area contributed by atoms with Crippen LogP contribution in [0.1, 0.15) is 28.4 Å². The van der Waals surface area contributed by atoms with Gasteiger partial charge in [0.05, 0.1) is 25.1 Å². The fraction of sp³-hybridized carbons (Fsp3) is 0.250. The van der Waals surface area contributed by atoms with E-state index >= 15 is 0 Å². The summed E-state index contributed by atoms with van der Waals surface area (Å²) in [7, 11) is 0. The Morgan fingerprint density at radius 1 is 1.38 bits per heavy atom. The molecule has 2 rings (SSSR count). The summed E-state index contributed by atoms with van der Waals surface area (Å²) in [6.45, 7) is 4.21. The molecule has 0 unspecified atom stereocenters. The molecule has 2 N–H and O–H groups in total. The molecular weight excluding hydrogens is 268 g/mol. The van der Waals surface area contributed by atoms with Crippen molar-refractivity contribution in [2.24, 2.45) is 0 Å². The van der Waals surface area contributed by atoms with E-state index in [1.807, 2.05) is 19.9 Å². The van der Waals surface area contributed by atoms with Crippen LogP contribution in [-0.2, 0) is 6.61 Å². The van der Waals surface area contributed by atoms with Gasteiger partial charge in [-0.1, -0.05) is 6.07 Å². The number of aliphatic hydroxyl groups is 1. The van der Waals surface area contributed by atoms with Gasteiger partial charge in [0.15, 0.2) is 0 Å². The Bertz CT molecular complexity index is 641. The van der Waals surface area contributed by atoms with Gasteiger partial charge >= 0.3 is 0 Å². The van der Waals surface area contributed by atoms with Gasteiger partial charge in [-0.25, -0.2) is 0 Å². The second kappa shape index (κ2) is 6.85. The van der Waals surface area contributed by atoms with Gasteiger partial charge in [0, 0.05) is 17.3 Å². The van der Waals surface area contributed by atoms with E-state index < -0.39 is 0 Å². The summed E-state index contributed by atoms with van der Waals surface area (Å²) < 4.78 is 5.49. The quantitative estimate of drug-likeness (QED) is 0.886. The van der Waals surface area contributed by atoms with Crippen molar-refractivity contribution in [2.75, 3.05) is 11.9 Å². The average molecular weight is 286 g/mol. The fourth-order valence-electron chi connectivity index (χ4n) is 1.92. The van der Waals surface area contributed by atoms with E-state index in [1.165, 1.54) is 6.20 Å². The number of hydrogen-bond acceptors (Lipinski definition) is 4. The minimum Gasteiger partial charge on any atom is -0.494 e. The van der Waals surface area contributed by atoms with Gasteiger partial charge in [0.2, 0.25) is 0 Å². The molecule has 0 radical (unpaired) electrons.